The number of aromatic nitrogens is 2. The lowest BCUT2D eigenvalue weighted by Crippen LogP contribution is -2.17. The molecular weight excluding hydrogens is 298 g/mol. The quantitative estimate of drug-likeness (QED) is 0.707. The average molecular weight is 321 g/mol. The molecule has 124 valence electrons. The zero-order chi connectivity index (χ0) is 17.0. The summed E-state index contributed by atoms with van der Waals surface area (Å²) in [6.07, 6.45) is 1.58. The lowest BCUT2D eigenvalue weighted by atomic mass is 9.86. The van der Waals surface area contributed by atoms with Crippen LogP contribution in [-0.2, 0) is 5.41 Å². The summed E-state index contributed by atoms with van der Waals surface area (Å²) in [6, 6.07) is 16.2. The van der Waals surface area contributed by atoms with Gasteiger partial charge in [0, 0.05) is 5.39 Å². The van der Waals surface area contributed by atoms with E-state index in [9.17, 15) is 0 Å². The lowest BCUT2D eigenvalue weighted by molar-refractivity contribution is 0.323. The maximum atomic E-state index is 5.99. The first-order valence-corrected chi connectivity index (χ1v) is 8.21. The molecular formula is C20H23N3O. The Morgan fingerprint density at radius 3 is 2.54 bits per heavy atom. The van der Waals surface area contributed by atoms with Gasteiger partial charge in [0.15, 0.2) is 0 Å². The number of nitrogens with one attached hydrogen (secondary N) is 1. The number of benzene rings is 2. The molecule has 0 spiro atoms. The molecule has 0 aliphatic heterocycles. The van der Waals surface area contributed by atoms with Crippen molar-refractivity contribution in [3.05, 3.63) is 60.4 Å². The van der Waals surface area contributed by atoms with Gasteiger partial charge in [-0.05, 0) is 29.2 Å². The van der Waals surface area contributed by atoms with Crippen molar-refractivity contribution in [1.29, 1.82) is 0 Å². The minimum absolute atomic E-state index is 0.0624. The zero-order valence-corrected chi connectivity index (χ0v) is 14.4. The second-order valence-corrected chi connectivity index (χ2v) is 6.76. The van der Waals surface area contributed by atoms with Crippen LogP contribution in [0.15, 0.2) is 54.9 Å². The van der Waals surface area contributed by atoms with Crippen molar-refractivity contribution >= 4 is 16.7 Å². The highest BCUT2D eigenvalue weighted by atomic mass is 16.5. The zero-order valence-electron chi connectivity index (χ0n) is 14.4. The maximum Gasteiger partial charge on any atom is 0.137 e. The first-order chi connectivity index (χ1) is 11.6. The van der Waals surface area contributed by atoms with Gasteiger partial charge in [0.25, 0.3) is 0 Å². The average Bonchev–Trinajstić information content (AvgIpc) is 2.58. The van der Waals surface area contributed by atoms with Crippen LogP contribution in [0.1, 0.15) is 26.3 Å². The molecule has 0 radical (unpaired) electrons. The highest BCUT2D eigenvalue weighted by Crippen LogP contribution is 2.30. The molecule has 24 heavy (non-hydrogen) atoms. The molecule has 0 atom stereocenters. The molecule has 1 heterocycles. The van der Waals surface area contributed by atoms with Gasteiger partial charge in [0.2, 0.25) is 0 Å². The van der Waals surface area contributed by atoms with Crippen LogP contribution in [0.5, 0.6) is 5.75 Å². The van der Waals surface area contributed by atoms with Crippen molar-refractivity contribution < 1.29 is 4.74 Å². The third kappa shape index (κ3) is 3.65. The van der Waals surface area contributed by atoms with Gasteiger partial charge in [0.05, 0.1) is 12.1 Å². The summed E-state index contributed by atoms with van der Waals surface area (Å²) in [5.41, 5.74) is 2.22. The fourth-order valence-corrected chi connectivity index (χ4v) is 2.69. The number of rotatable bonds is 5. The summed E-state index contributed by atoms with van der Waals surface area (Å²) in [5, 5.41) is 4.36. The van der Waals surface area contributed by atoms with E-state index in [0.717, 1.165) is 22.5 Å². The largest absolute Gasteiger partial charge is 0.491 e. The normalized spacial score (nSPS) is 11.5. The summed E-state index contributed by atoms with van der Waals surface area (Å²) >= 11 is 0. The Kier molecular flexibility index (Phi) is 4.65. The molecule has 0 saturated heterocycles. The highest BCUT2D eigenvalue weighted by molar-refractivity contribution is 5.88. The van der Waals surface area contributed by atoms with Crippen molar-refractivity contribution in [2.24, 2.45) is 0 Å². The van der Waals surface area contributed by atoms with E-state index in [2.05, 4.69) is 48.2 Å². The fraction of sp³-hybridized carbons (Fsp3) is 0.300. The summed E-state index contributed by atoms with van der Waals surface area (Å²) in [6.45, 7) is 7.84. The van der Waals surface area contributed by atoms with Gasteiger partial charge >= 0.3 is 0 Å². The van der Waals surface area contributed by atoms with Crippen molar-refractivity contribution in [2.45, 2.75) is 26.2 Å². The van der Waals surface area contributed by atoms with Gasteiger partial charge < -0.3 is 10.1 Å². The van der Waals surface area contributed by atoms with E-state index in [1.807, 2.05) is 36.4 Å². The number of hydrogen-bond acceptors (Lipinski definition) is 4. The standard InChI is InChI=1S/C20H23N3O/c1-20(2,3)16-9-5-7-11-18(16)24-13-12-21-19-15-8-4-6-10-17(15)22-14-23-19/h4-11,14H,12-13H2,1-3H3,(H,21,22,23). The van der Waals surface area contributed by atoms with E-state index in [1.165, 1.54) is 5.56 Å². The predicted molar refractivity (Wildman–Crippen MR) is 98.7 cm³/mol. The summed E-state index contributed by atoms with van der Waals surface area (Å²) in [4.78, 5) is 8.60. The second-order valence-electron chi connectivity index (χ2n) is 6.76. The monoisotopic (exact) mass is 321 g/mol. The lowest BCUT2D eigenvalue weighted by Gasteiger charge is -2.22. The fourth-order valence-electron chi connectivity index (χ4n) is 2.69. The van der Waals surface area contributed by atoms with Gasteiger partial charge in [-0.2, -0.15) is 0 Å². The molecule has 3 aromatic rings. The van der Waals surface area contributed by atoms with Crippen molar-refractivity contribution in [1.82, 2.24) is 9.97 Å². The molecule has 4 heteroatoms. The smallest absolute Gasteiger partial charge is 0.137 e. The van der Waals surface area contributed by atoms with Gasteiger partial charge in [-0.3, -0.25) is 0 Å². The topological polar surface area (TPSA) is 47.0 Å². The molecule has 0 fully saturated rings. The Hall–Kier alpha value is -2.62. The minimum Gasteiger partial charge on any atom is -0.491 e. The molecule has 0 bridgehead atoms. The van der Waals surface area contributed by atoms with Gasteiger partial charge in [-0.15, -0.1) is 0 Å². The molecule has 0 unspecified atom stereocenters. The SMILES string of the molecule is CC(C)(C)c1ccccc1OCCNc1ncnc2ccccc12. The van der Waals surface area contributed by atoms with Gasteiger partial charge in [-0.1, -0.05) is 51.1 Å². The molecule has 0 saturated carbocycles. The number of hydrogen-bond donors (Lipinski definition) is 1. The molecule has 3 rings (SSSR count). The first-order valence-electron chi connectivity index (χ1n) is 8.21. The second kappa shape index (κ2) is 6.87. The Balaban J connectivity index is 1.64. The van der Waals surface area contributed by atoms with Crippen LogP contribution in [0, 0.1) is 0 Å². The predicted octanol–water partition coefficient (Wildman–Crippen LogP) is 4.42. The van der Waals surface area contributed by atoms with E-state index in [-0.39, 0.29) is 5.41 Å². The number of ether oxygens (including phenoxy) is 1. The van der Waals surface area contributed by atoms with Gasteiger partial charge in [0.1, 0.15) is 24.5 Å². The molecule has 0 amide bonds. The highest BCUT2D eigenvalue weighted by Gasteiger charge is 2.18. The van der Waals surface area contributed by atoms with Crippen LogP contribution in [0.2, 0.25) is 0 Å². The van der Waals surface area contributed by atoms with Crippen LogP contribution in [0.4, 0.5) is 5.82 Å². The van der Waals surface area contributed by atoms with Gasteiger partial charge in [-0.25, -0.2) is 9.97 Å². The minimum atomic E-state index is 0.0624. The first kappa shape index (κ1) is 16.2. The van der Waals surface area contributed by atoms with E-state index >= 15 is 0 Å². The molecule has 1 aromatic heterocycles. The third-order valence-corrected chi connectivity index (χ3v) is 3.89. The summed E-state index contributed by atoms with van der Waals surface area (Å²) in [5.74, 6) is 1.78. The van der Waals surface area contributed by atoms with E-state index in [0.29, 0.717) is 13.2 Å². The van der Waals surface area contributed by atoms with Crippen LogP contribution >= 0.6 is 0 Å². The maximum absolute atomic E-state index is 5.99. The van der Waals surface area contributed by atoms with Crippen molar-refractivity contribution in [2.75, 3.05) is 18.5 Å². The number of fused-ring (bicyclic) bond motifs is 1. The number of nitrogens with zero attached hydrogens (tertiary/aromatic N) is 2. The van der Waals surface area contributed by atoms with Crippen molar-refractivity contribution in [3.63, 3.8) is 0 Å². The molecule has 4 nitrogen and oxygen atoms in total. The number of anilines is 1. The molecule has 0 aliphatic carbocycles. The Morgan fingerprint density at radius 1 is 0.958 bits per heavy atom. The molecule has 2 aromatic carbocycles. The molecule has 0 aliphatic rings. The Labute approximate surface area is 142 Å². The Bertz CT molecular complexity index is 819. The van der Waals surface area contributed by atoms with Crippen LogP contribution in [0.3, 0.4) is 0 Å². The van der Waals surface area contributed by atoms with Crippen molar-refractivity contribution in [3.8, 4) is 5.75 Å². The van der Waals surface area contributed by atoms with E-state index in [4.69, 9.17) is 4.74 Å². The third-order valence-electron chi connectivity index (χ3n) is 3.89. The van der Waals surface area contributed by atoms with E-state index in [1.54, 1.807) is 6.33 Å². The van der Waals surface area contributed by atoms with Crippen LogP contribution in [0.25, 0.3) is 10.9 Å². The summed E-state index contributed by atoms with van der Waals surface area (Å²) < 4.78 is 5.99. The van der Waals surface area contributed by atoms with Crippen LogP contribution < -0.4 is 10.1 Å². The molecule has 1 N–H and O–H groups in total. The van der Waals surface area contributed by atoms with E-state index < -0.39 is 0 Å². The number of para-hydroxylation sites is 2. The summed E-state index contributed by atoms with van der Waals surface area (Å²) in [7, 11) is 0. The Morgan fingerprint density at radius 2 is 1.71 bits per heavy atom. The van der Waals surface area contributed by atoms with Crippen LogP contribution in [-0.4, -0.2) is 23.1 Å².